The summed E-state index contributed by atoms with van der Waals surface area (Å²) >= 11 is 9.74. The molecule has 3 aromatic rings. The third-order valence-corrected chi connectivity index (χ3v) is 4.79. The van der Waals surface area contributed by atoms with Crippen molar-refractivity contribution in [2.45, 2.75) is 19.0 Å². The summed E-state index contributed by atoms with van der Waals surface area (Å²) in [6, 6.07) is 11.7. The molecule has 2 heterocycles. The fourth-order valence-electron chi connectivity index (χ4n) is 2.62. The molecule has 5 nitrogen and oxygen atoms in total. The molecule has 0 saturated carbocycles. The first kappa shape index (κ1) is 18.2. The van der Waals surface area contributed by atoms with Gasteiger partial charge < -0.3 is 20.2 Å². The predicted octanol–water partition coefficient (Wildman–Crippen LogP) is 4.37. The van der Waals surface area contributed by atoms with Gasteiger partial charge in [-0.2, -0.15) is 0 Å². The van der Waals surface area contributed by atoms with E-state index < -0.39 is 0 Å². The number of furan rings is 1. The van der Waals surface area contributed by atoms with Crippen molar-refractivity contribution >= 4 is 44.3 Å². The van der Waals surface area contributed by atoms with Crippen LogP contribution in [0.25, 0.3) is 11.1 Å². The van der Waals surface area contributed by atoms with Gasteiger partial charge >= 0.3 is 0 Å². The first-order valence-electron chi connectivity index (χ1n) is 7.88. The molecule has 0 aliphatic heterocycles. The molecule has 0 aliphatic carbocycles. The summed E-state index contributed by atoms with van der Waals surface area (Å²) in [4.78, 5) is 4.38. The third kappa shape index (κ3) is 4.33. The van der Waals surface area contributed by atoms with Crippen LogP contribution in [0.15, 0.2) is 45.3 Å². The molecule has 1 atom stereocenters. The average molecular weight is 425 g/mol. The topological polar surface area (TPSA) is 73.3 Å². The van der Waals surface area contributed by atoms with Gasteiger partial charge in [0.25, 0.3) is 0 Å². The van der Waals surface area contributed by atoms with Gasteiger partial charge in [-0.3, -0.25) is 0 Å². The number of rotatable bonds is 7. The van der Waals surface area contributed by atoms with E-state index >= 15 is 0 Å². The normalized spacial score (nSPS) is 12.5. The Kier molecular flexibility index (Phi) is 5.96. The molecule has 1 aromatic carbocycles. The van der Waals surface area contributed by atoms with Crippen LogP contribution in [0.2, 0.25) is 5.15 Å². The Hall–Kier alpha value is -1.60. The van der Waals surface area contributed by atoms with Crippen molar-refractivity contribution in [1.29, 1.82) is 0 Å². The molecular formula is C18H19BrClN3O2. The molecule has 0 fully saturated rings. The van der Waals surface area contributed by atoms with Gasteiger partial charge in [-0.1, -0.05) is 41.9 Å². The Morgan fingerprint density at radius 3 is 2.84 bits per heavy atom. The minimum absolute atomic E-state index is 0.155. The Bertz CT molecular complexity index is 854. The smallest absolute Gasteiger partial charge is 0.177 e. The Labute approximate surface area is 159 Å². The number of ether oxygens (including phenoxy) is 1. The summed E-state index contributed by atoms with van der Waals surface area (Å²) in [5.41, 5.74) is 9.34. The number of nitrogens with one attached hydrogen (secondary N) is 1. The van der Waals surface area contributed by atoms with Crippen molar-refractivity contribution < 1.29 is 9.15 Å². The van der Waals surface area contributed by atoms with Crippen molar-refractivity contribution in [3.63, 3.8) is 0 Å². The first-order valence-corrected chi connectivity index (χ1v) is 9.05. The maximum atomic E-state index is 6.18. The molecule has 0 spiro atoms. The van der Waals surface area contributed by atoms with E-state index in [-0.39, 0.29) is 6.04 Å². The van der Waals surface area contributed by atoms with Crippen LogP contribution in [-0.2, 0) is 17.7 Å². The van der Waals surface area contributed by atoms with Crippen LogP contribution in [0.1, 0.15) is 11.3 Å². The summed E-state index contributed by atoms with van der Waals surface area (Å²) in [5, 5.41) is 3.77. The van der Waals surface area contributed by atoms with Gasteiger partial charge in [0.2, 0.25) is 0 Å². The minimum Gasteiger partial charge on any atom is -0.456 e. The van der Waals surface area contributed by atoms with Crippen molar-refractivity contribution in [2.24, 2.45) is 5.73 Å². The molecule has 0 aliphatic rings. The standard InChI is InChI=1S/C18H19BrClN3O2/c1-24-10-12(21)7-14-16(19)17-18(25-14)13(8-15(20)23-17)22-9-11-5-3-2-4-6-11/h2-6,8,12H,7,9-10,21H2,1H3,(H,22,23)/t12-/m1/s1. The average Bonchev–Trinajstić information content (AvgIpc) is 2.90. The van der Waals surface area contributed by atoms with Crippen LogP contribution in [0, 0.1) is 0 Å². The number of hydrogen-bond donors (Lipinski definition) is 2. The van der Waals surface area contributed by atoms with Gasteiger partial charge in [-0.25, -0.2) is 4.98 Å². The molecule has 0 amide bonds. The Balaban J connectivity index is 1.90. The van der Waals surface area contributed by atoms with Crippen LogP contribution in [0.4, 0.5) is 5.69 Å². The van der Waals surface area contributed by atoms with Crippen LogP contribution in [0.3, 0.4) is 0 Å². The lowest BCUT2D eigenvalue weighted by atomic mass is 10.2. The van der Waals surface area contributed by atoms with Crippen LogP contribution in [-0.4, -0.2) is 24.7 Å². The predicted molar refractivity (Wildman–Crippen MR) is 104 cm³/mol. The van der Waals surface area contributed by atoms with Crippen LogP contribution in [0.5, 0.6) is 0 Å². The molecule has 0 unspecified atom stereocenters. The lowest BCUT2D eigenvalue weighted by molar-refractivity contribution is 0.178. The second-order valence-electron chi connectivity index (χ2n) is 5.77. The molecule has 0 radical (unpaired) electrons. The Morgan fingerprint density at radius 2 is 2.12 bits per heavy atom. The van der Waals surface area contributed by atoms with Gasteiger partial charge in [0, 0.05) is 32.2 Å². The number of pyridine rings is 1. The lowest BCUT2D eigenvalue weighted by Crippen LogP contribution is -2.27. The van der Waals surface area contributed by atoms with E-state index in [2.05, 4.69) is 38.4 Å². The molecule has 0 bridgehead atoms. The minimum atomic E-state index is -0.155. The highest BCUT2D eigenvalue weighted by atomic mass is 79.9. The van der Waals surface area contributed by atoms with Crippen molar-refractivity contribution in [2.75, 3.05) is 19.0 Å². The number of fused-ring (bicyclic) bond motifs is 1. The van der Waals surface area contributed by atoms with Gasteiger partial charge in [-0.15, -0.1) is 0 Å². The van der Waals surface area contributed by atoms with Gasteiger partial charge in [0.05, 0.1) is 16.8 Å². The number of benzene rings is 1. The maximum absolute atomic E-state index is 6.18. The molecule has 3 N–H and O–H groups in total. The third-order valence-electron chi connectivity index (χ3n) is 3.77. The second kappa shape index (κ2) is 8.19. The zero-order valence-corrected chi connectivity index (χ0v) is 16.1. The number of aromatic nitrogens is 1. The van der Waals surface area contributed by atoms with Crippen LogP contribution >= 0.6 is 27.5 Å². The number of methoxy groups -OCH3 is 1. The highest BCUT2D eigenvalue weighted by Crippen LogP contribution is 2.36. The zero-order chi connectivity index (χ0) is 17.8. The largest absolute Gasteiger partial charge is 0.456 e. The van der Waals surface area contributed by atoms with E-state index in [1.807, 2.05) is 18.2 Å². The Morgan fingerprint density at radius 1 is 1.36 bits per heavy atom. The monoisotopic (exact) mass is 423 g/mol. The van der Waals surface area contributed by atoms with Crippen molar-refractivity contribution in [3.8, 4) is 0 Å². The summed E-state index contributed by atoms with van der Waals surface area (Å²) < 4.78 is 11.9. The lowest BCUT2D eigenvalue weighted by Gasteiger charge is -2.08. The van der Waals surface area contributed by atoms with E-state index in [1.165, 1.54) is 0 Å². The quantitative estimate of drug-likeness (QED) is 0.551. The molecule has 132 valence electrons. The van der Waals surface area contributed by atoms with E-state index in [0.717, 1.165) is 21.5 Å². The number of hydrogen-bond acceptors (Lipinski definition) is 5. The summed E-state index contributed by atoms with van der Waals surface area (Å²) in [6.45, 7) is 1.11. The molecule has 3 rings (SSSR count). The van der Waals surface area contributed by atoms with Gasteiger partial charge in [0.15, 0.2) is 5.58 Å². The number of halogens is 2. The van der Waals surface area contributed by atoms with Crippen molar-refractivity contribution in [3.05, 3.63) is 57.3 Å². The summed E-state index contributed by atoms with van der Waals surface area (Å²) in [6.07, 6.45) is 0.542. The van der Waals surface area contributed by atoms with Gasteiger partial charge in [-0.05, 0) is 21.5 Å². The van der Waals surface area contributed by atoms with E-state index in [1.54, 1.807) is 13.2 Å². The molecule has 25 heavy (non-hydrogen) atoms. The maximum Gasteiger partial charge on any atom is 0.177 e. The zero-order valence-electron chi connectivity index (χ0n) is 13.8. The fourth-order valence-corrected chi connectivity index (χ4v) is 3.33. The van der Waals surface area contributed by atoms with Crippen molar-refractivity contribution in [1.82, 2.24) is 4.98 Å². The molecule has 7 heteroatoms. The number of nitrogens with zero attached hydrogens (tertiary/aromatic N) is 1. The van der Waals surface area contributed by atoms with E-state index in [4.69, 9.17) is 26.5 Å². The molecule has 2 aromatic heterocycles. The highest BCUT2D eigenvalue weighted by Gasteiger charge is 2.19. The van der Waals surface area contributed by atoms with E-state index in [0.29, 0.717) is 35.8 Å². The molecular weight excluding hydrogens is 406 g/mol. The number of anilines is 1. The fraction of sp³-hybridized carbons (Fsp3) is 0.278. The van der Waals surface area contributed by atoms with E-state index in [9.17, 15) is 0 Å². The first-order chi connectivity index (χ1) is 12.1. The molecule has 0 saturated heterocycles. The second-order valence-corrected chi connectivity index (χ2v) is 6.95. The van der Waals surface area contributed by atoms with Gasteiger partial charge in [0.1, 0.15) is 16.4 Å². The number of nitrogens with two attached hydrogens (primary N) is 1. The SMILES string of the molecule is COC[C@H](N)Cc1oc2c(NCc3ccccc3)cc(Cl)nc2c1Br. The summed E-state index contributed by atoms with van der Waals surface area (Å²) in [5.74, 6) is 0.733. The highest BCUT2D eigenvalue weighted by molar-refractivity contribution is 9.10. The van der Waals surface area contributed by atoms with Crippen LogP contribution < -0.4 is 11.1 Å². The summed E-state index contributed by atoms with van der Waals surface area (Å²) in [7, 11) is 1.63.